The quantitative estimate of drug-likeness (QED) is 0.873. The number of nitrogens with one attached hydrogen (secondary N) is 1. The highest BCUT2D eigenvalue weighted by Gasteiger charge is 2.12. The Hall–Kier alpha value is -1.60. The van der Waals surface area contributed by atoms with Gasteiger partial charge in [0.25, 0.3) is 5.91 Å². The predicted octanol–water partition coefficient (Wildman–Crippen LogP) is 2.16. The van der Waals surface area contributed by atoms with Crippen LogP contribution < -0.4 is 5.32 Å². The largest absolute Gasteiger partial charge is 0.347 e. The molecule has 1 aromatic rings. The molecule has 16 heavy (non-hydrogen) atoms. The van der Waals surface area contributed by atoms with Gasteiger partial charge >= 0.3 is 0 Å². The minimum Gasteiger partial charge on any atom is -0.347 e. The highest BCUT2D eigenvalue weighted by atomic mass is 35.5. The monoisotopic (exact) mass is 237 g/mol. The summed E-state index contributed by atoms with van der Waals surface area (Å²) in [4.78, 5) is 15.6. The SMILES string of the molecule is CCC(CC#N)NC(=O)c1cc(Cl)ccn1. The van der Waals surface area contributed by atoms with Crippen molar-refractivity contribution in [2.24, 2.45) is 0 Å². The van der Waals surface area contributed by atoms with E-state index in [1.807, 2.05) is 13.0 Å². The first kappa shape index (κ1) is 12.5. The number of carbonyl (C=O) groups excluding carboxylic acids is 1. The summed E-state index contributed by atoms with van der Waals surface area (Å²) in [5.41, 5.74) is 0.267. The van der Waals surface area contributed by atoms with Crippen molar-refractivity contribution in [3.05, 3.63) is 29.0 Å². The van der Waals surface area contributed by atoms with Gasteiger partial charge in [-0.25, -0.2) is 0 Å². The molecule has 84 valence electrons. The third-order valence-electron chi connectivity index (χ3n) is 2.12. The van der Waals surface area contributed by atoms with Gasteiger partial charge in [0.05, 0.1) is 12.5 Å². The molecule has 5 heteroatoms. The maximum atomic E-state index is 11.7. The van der Waals surface area contributed by atoms with Crippen molar-refractivity contribution in [2.45, 2.75) is 25.8 Å². The first-order valence-corrected chi connectivity index (χ1v) is 5.34. The molecule has 4 nitrogen and oxygen atoms in total. The van der Waals surface area contributed by atoms with E-state index in [9.17, 15) is 4.79 Å². The molecule has 0 fully saturated rings. The summed E-state index contributed by atoms with van der Waals surface area (Å²) in [6.45, 7) is 1.91. The zero-order chi connectivity index (χ0) is 12.0. The van der Waals surface area contributed by atoms with Gasteiger partial charge in [-0.05, 0) is 18.6 Å². The maximum absolute atomic E-state index is 11.7. The van der Waals surface area contributed by atoms with E-state index in [2.05, 4.69) is 10.3 Å². The van der Waals surface area contributed by atoms with Gasteiger partial charge in [-0.2, -0.15) is 5.26 Å². The van der Waals surface area contributed by atoms with Gasteiger partial charge in [0.15, 0.2) is 0 Å². The fourth-order valence-corrected chi connectivity index (χ4v) is 1.36. The van der Waals surface area contributed by atoms with Crippen molar-refractivity contribution in [1.82, 2.24) is 10.3 Å². The van der Waals surface area contributed by atoms with Crippen LogP contribution in [0.1, 0.15) is 30.3 Å². The first-order valence-electron chi connectivity index (χ1n) is 4.96. The fraction of sp³-hybridized carbons (Fsp3) is 0.364. The van der Waals surface area contributed by atoms with Crippen LogP contribution in [-0.2, 0) is 0 Å². The minimum absolute atomic E-state index is 0.140. The van der Waals surface area contributed by atoms with E-state index in [1.165, 1.54) is 12.3 Å². The number of hydrogen-bond donors (Lipinski definition) is 1. The smallest absolute Gasteiger partial charge is 0.270 e. The molecular weight excluding hydrogens is 226 g/mol. The molecule has 1 N–H and O–H groups in total. The van der Waals surface area contributed by atoms with Crippen LogP contribution >= 0.6 is 11.6 Å². The van der Waals surface area contributed by atoms with Crippen LogP contribution in [0.4, 0.5) is 0 Å². The molecule has 1 amide bonds. The van der Waals surface area contributed by atoms with Crippen molar-refractivity contribution in [3.63, 3.8) is 0 Å². The molecule has 0 aromatic carbocycles. The Labute approximate surface area is 99.2 Å². The molecule has 0 spiro atoms. The number of pyridine rings is 1. The van der Waals surface area contributed by atoms with E-state index in [4.69, 9.17) is 16.9 Å². The van der Waals surface area contributed by atoms with Crippen molar-refractivity contribution >= 4 is 17.5 Å². The topological polar surface area (TPSA) is 65.8 Å². The lowest BCUT2D eigenvalue weighted by Gasteiger charge is -2.12. The van der Waals surface area contributed by atoms with E-state index in [-0.39, 0.29) is 17.6 Å². The first-order chi connectivity index (χ1) is 7.67. The summed E-state index contributed by atoms with van der Waals surface area (Å²) in [6.07, 6.45) is 2.48. The lowest BCUT2D eigenvalue weighted by atomic mass is 10.1. The molecule has 1 aromatic heterocycles. The van der Waals surface area contributed by atoms with Gasteiger partial charge < -0.3 is 5.32 Å². The normalized spacial score (nSPS) is 11.6. The molecular formula is C11H12ClN3O. The number of rotatable bonds is 4. The predicted molar refractivity (Wildman–Crippen MR) is 61.0 cm³/mol. The van der Waals surface area contributed by atoms with E-state index in [0.717, 1.165) is 0 Å². The number of amides is 1. The van der Waals surface area contributed by atoms with Crippen LogP contribution in [0.5, 0.6) is 0 Å². The van der Waals surface area contributed by atoms with E-state index in [1.54, 1.807) is 6.07 Å². The Morgan fingerprint density at radius 1 is 1.75 bits per heavy atom. The van der Waals surface area contributed by atoms with E-state index in [0.29, 0.717) is 17.9 Å². The van der Waals surface area contributed by atoms with Crippen LogP contribution in [-0.4, -0.2) is 16.9 Å². The van der Waals surface area contributed by atoms with Gasteiger partial charge in [-0.15, -0.1) is 0 Å². The number of halogens is 1. The van der Waals surface area contributed by atoms with Crippen molar-refractivity contribution in [2.75, 3.05) is 0 Å². The van der Waals surface area contributed by atoms with Crippen LogP contribution in [0.15, 0.2) is 18.3 Å². The average molecular weight is 238 g/mol. The molecule has 0 aliphatic heterocycles. The molecule has 1 atom stereocenters. The number of aromatic nitrogens is 1. The average Bonchev–Trinajstić information content (AvgIpc) is 2.28. The van der Waals surface area contributed by atoms with Crippen molar-refractivity contribution in [1.29, 1.82) is 5.26 Å². The Bertz CT molecular complexity index is 414. The summed E-state index contributed by atoms with van der Waals surface area (Å²) >= 11 is 5.75. The van der Waals surface area contributed by atoms with Crippen LogP contribution in [0, 0.1) is 11.3 Å². The Morgan fingerprint density at radius 3 is 3.06 bits per heavy atom. The standard InChI is InChI=1S/C11H12ClN3O/c1-2-9(3-5-13)15-11(16)10-7-8(12)4-6-14-10/h4,6-7,9H,2-3H2,1H3,(H,15,16). The van der Waals surface area contributed by atoms with E-state index >= 15 is 0 Å². The second-order valence-electron chi connectivity index (χ2n) is 3.30. The van der Waals surface area contributed by atoms with Crippen LogP contribution in [0.25, 0.3) is 0 Å². The van der Waals surface area contributed by atoms with Crippen molar-refractivity contribution in [3.8, 4) is 6.07 Å². The van der Waals surface area contributed by atoms with Crippen molar-refractivity contribution < 1.29 is 4.79 Å². The molecule has 0 aliphatic rings. The number of nitriles is 1. The summed E-state index contributed by atoms with van der Waals surface area (Å²) in [5.74, 6) is -0.301. The summed E-state index contributed by atoms with van der Waals surface area (Å²) in [5, 5.41) is 11.8. The highest BCUT2D eigenvalue weighted by molar-refractivity contribution is 6.30. The molecule has 0 saturated heterocycles. The number of hydrogen-bond acceptors (Lipinski definition) is 3. The summed E-state index contributed by atoms with van der Waals surface area (Å²) in [7, 11) is 0. The molecule has 1 rings (SSSR count). The fourth-order valence-electron chi connectivity index (χ4n) is 1.20. The number of nitrogens with zero attached hydrogens (tertiary/aromatic N) is 2. The molecule has 0 bridgehead atoms. The Balaban J connectivity index is 2.68. The van der Waals surface area contributed by atoms with Gasteiger partial charge in [0.1, 0.15) is 5.69 Å². The second-order valence-corrected chi connectivity index (χ2v) is 3.74. The molecule has 0 radical (unpaired) electrons. The lowest BCUT2D eigenvalue weighted by Crippen LogP contribution is -2.34. The third-order valence-corrected chi connectivity index (χ3v) is 2.36. The van der Waals surface area contributed by atoms with Gasteiger partial charge in [0, 0.05) is 17.3 Å². The zero-order valence-electron chi connectivity index (χ0n) is 8.90. The van der Waals surface area contributed by atoms with Crippen LogP contribution in [0.2, 0.25) is 5.02 Å². The molecule has 1 unspecified atom stereocenters. The zero-order valence-corrected chi connectivity index (χ0v) is 9.66. The summed E-state index contributed by atoms with van der Waals surface area (Å²) < 4.78 is 0. The summed E-state index contributed by atoms with van der Waals surface area (Å²) in [6, 6.07) is 4.98. The van der Waals surface area contributed by atoms with Crippen LogP contribution in [0.3, 0.4) is 0 Å². The third kappa shape index (κ3) is 3.52. The second kappa shape index (κ2) is 6.09. The maximum Gasteiger partial charge on any atom is 0.270 e. The Kier molecular flexibility index (Phi) is 4.74. The number of carbonyl (C=O) groups is 1. The van der Waals surface area contributed by atoms with Gasteiger partial charge in [-0.1, -0.05) is 18.5 Å². The minimum atomic E-state index is -0.301. The van der Waals surface area contributed by atoms with Gasteiger partial charge in [0.2, 0.25) is 0 Å². The lowest BCUT2D eigenvalue weighted by molar-refractivity contribution is 0.0931. The Morgan fingerprint density at radius 2 is 2.50 bits per heavy atom. The molecule has 0 saturated carbocycles. The highest BCUT2D eigenvalue weighted by Crippen LogP contribution is 2.08. The van der Waals surface area contributed by atoms with Gasteiger partial charge in [-0.3, -0.25) is 9.78 Å². The molecule has 1 heterocycles. The molecule has 0 aliphatic carbocycles. The van der Waals surface area contributed by atoms with E-state index < -0.39 is 0 Å².